The van der Waals surface area contributed by atoms with Crippen LogP contribution in [0.25, 0.3) is 0 Å². The van der Waals surface area contributed by atoms with Crippen molar-refractivity contribution in [1.82, 2.24) is 9.80 Å². The molecule has 0 bridgehead atoms. The number of amides is 2. The topological polar surface area (TPSA) is 40.6 Å². The molecule has 2 amide bonds. The molecule has 2 aromatic rings. The van der Waals surface area contributed by atoms with E-state index in [4.69, 9.17) is 11.6 Å². The number of benzene rings is 2. The Morgan fingerprint density at radius 3 is 2.23 bits per heavy atom. The molecule has 1 atom stereocenters. The molecule has 1 unspecified atom stereocenters. The molecule has 5 heteroatoms. The van der Waals surface area contributed by atoms with Gasteiger partial charge in [-0.05, 0) is 63.3 Å². The van der Waals surface area contributed by atoms with Crippen LogP contribution in [0.2, 0.25) is 5.02 Å². The molecule has 158 valence electrons. The molecule has 0 radical (unpaired) electrons. The van der Waals surface area contributed by atoms with Crippen molar-refractivity contribution in [3.8, 4) is 0 Å². The van der Waals surface area contributed by atoms with Crippen LogP contribution in [0.15, 0.2) is 42.5 Å². The normalized spacial score (nSPS) is 20.6. The number of halogens is 1. The molecule has 1 heterocycles. The summed E-state index contributed by atoms with van der Waals surface area (Å²) >= 11 is 6.01. The Labute approximate surface area is 183 Å². The Morgan fingerprint density at radius 2 is 1.70 bits per heavy atom. The van der Waals surface area contributed by atoms with E-state index in [1.807, 2.05) is 49.9 Å². The molecule has 1 aliphatic heterocycles. The van der Waals surface area contributed by atoms with Crippen molar-refractivity contribution in [3.05, 3.63) is 69.7 Å². The van der Waals surface area contributed by atoms with Crippen molar-refractivity contribution >= 4 is 23.4 Å². The second kappa shape index (κ2) is 8.07. The van der Waals surface area contributed by atoms with E-state index < -0.39 is 5.54 Å². The number of likely N-dealkylation sites (tertiary alicyclic amines) is 1. The Balaban J connectivity index is 1.48. The third-order valence-electron chi connectivity index (χ3n) is 6.33. The van der Waals surface area contributed by atoms with Gasteiger partial charge in [-0.1, -0.05) is 53.1 Å². The van der Waals surface area contributed by atoms with Gasteiger partial charge in [0.05, 0.1) is 6.42 Å². The van der Waals surface area contributed by atoms with Gasteiger partial charge in [0.1, 0.15) is 5.54 Å². The summed E-state index contributed by atoms with van der Waals surface area (Å²) in [7, 11) is 0. The minimum Gasteiger partial charge on any atom is -0.333 e. The molecule has 30 heavy (non-hydrogen) atoms. The zero-order chi connectivity index (χ0) is 21.5. The van der Waals surface area contributed by atoms with E-state index in [1.54, 1.807) is 4.90 Å². The van der Waals surface area contributed by atoms with Gasteiger partial charge < -0.3 is 9.80 Å². The fourth-order valence-electron chi connectivity index (χ4n) is 4.47. The lowest BCUT2D eigenvalue weighted by atomic mass is 9.84. The molecule has 0 N–H and O–H groups in total. The summed E-state index contributed by atoms with van der Waals surface area (Å²) in [6.07, 6.45) is 3.12. The van der Waals surface area contributed by atoms with E-state index >= 15 is 0 Å². The number of aryl methyl sites for hydroxylation is 2. The van der Waals surface area contributed by atoms with Crippen LogP contribution >= 0.6 is 11.6 Å². The molecule has 4 rings (SSSR count). The summed E-state index contributed by atoms with van der Waals surface area (Å²) in [5.74, 6) is 0.101. The number of carbonyl (C=O) groups is 2. The molecule has 2 aromatic carbocycles. The predicted octanol–water partition coefficient (Wildman–Crippen LogP) is 4.68. The smallest absolute Gasteiger partial charge is 0.248 e. The first-order valence-corrected chi connectivity index (χ1v) is 11.1. The van der Waals surface area contributed by atoms with Crippen molar-refractivity contribution in [2.75, 3.05) is 6.54 Å². The Bertz CT molecular complexity index is 947. The van der Waals surface area contributed by atoms with E-state index in [1.165, 1.54) is 0 Å². The lowest BCUT2D eigenvalue weighted by molar-refractivity contribution is -0.164. The summed E-state index contributed by atoms with van der Waals surface area (Å²) in [6, 6.07) is 14.2. The van der Waals surface area contributed by atoms with E-state index in [2.05, 4.69) is 18.2 Å². The molecule has 1 saturated carbocycles. The maximum Gasteiger partial charge on any atom is 0.248 e. The number of nitrogens with zero attached hydrogens (tertiary/aromatic N) is 2. The fraction of sp³-hybridized carbons (Fsp3) is 0.440. The van der Waals surface area contributed by atoms with Gasteiger partial charge in [-0.3, -0.25) is 9.59 Å². The first-order valence-electron chi connectivity index (χ1n) is 10.7. The third-order valence-corrected chi connectivity index (χ3v) is 6.58. The lowest BCUT2D eigenvalue weighted by Crippen LogP contribution is -2.68. The predicted molar refractivity (Wildman–Crippen MR) is 119 cm³/mol. The number of hydrogen-bond acceptors (Lipinski definition) is 2. The molecule has 2 aliphatic rings. The highest BCUT2D eigenvalue weighted by molar-refractivity contribution is 6.30. The van der Waals surface area contributed by atoms with E-state index in [-0.39, 0.29) is 17.9 Å². The van der Waals surface area contributed by atoms with Gasteiger partial charge in [0.2, 0.25) is 11.8 Å². The Morgan fingerprint density at radius 1 is 1.07 bits per heavy atom. The van der Waals surface area contributed by atoms with Gasteiger partial charge in [-0.25, -0.2) is 0 Å². The standard InChI is InChI=1S/C25H29ClN2O2/c1-17-12-18(2)14-20(13-17)15-23(29)28-11-10-25(28,3)24(30)27(22-8-9-22)16-19-4-6-21(26)7-5-19/h4-7,12-14,22H,8-11,15-16H2,1-3H3. The van der Waals surface area contributed by atoms with Crippen LogP contribution in [0.4, 0.5) is 0 Å². The van der Waals surface area contributed by atoms with Crippen LogP contribution in [-0.4, -0.2) is 39.7 Å². The summed E-state index contributed by atoms with van der Waals surface area (Å²) < 4.78 is 0. The molecular weight excluding hydrogens is 396 g/mol. The van der Waals surface area contributed by atoms with Gasteiger partial charge in [-0.2, -0.15) is 0 Å². The fourth-order valence-corrected chi connectivity index (χ4v) is 4.60. The zero-order valence-corrected chi connectivity index (χ0v) is 18.7. The monoisotopic (exact) mass is 424 g/mol. The van der Waals surface area contributed by atoms with Crippen LogP contribution in [0.3, 0.4) is 0 Å². The molecule has 2 fully saturated rings. The Hall–Kier alpha value is -2.33. The first-order chi connectivity index (χ1) is 14.3. The van der Waals surface area contributed by atoms with Crippen LogP contribution in [0.5, 0.6) is 0 Å². The maximum atomic E-state index is 13.6. The van der Waals surface area contributed by atoms with Gasteiger partial charge in [-0.15, -0.1) is 0 Å². The van der Waals surface area contributed by atoms with E-state index in [0.29, 0.717) is 31.0 Å². The van der Waals surface area contributed by atoms with Gasteiger partial charge in [0.25, 0.3) is 0 Å². The van der Waals surface area contributed by atoms with Crippen molar-refractivity contribution in [2.45, 2.75) is 64.6 Å². The second-order valence-corrected chi connectivity index (χ2v) is 9.47. The van der Waals surface area contributed by atoms with Crippen molar-refractivity contribution in [2.24, 2.45) is 0 Å². The lowest BCUT2D eigenvalue weighted by Gasteiger charge is -2.51. The van der Waals surface area contributed by atoms with Crippen LogP contribution < -0.4 is 0 Å². The first kappa shape index (κ1) is 20.9. The molecule has 0 aromatic heterocycles. The SMILES string of the molecule is Cc1cc(C)cc(CC(=O)N2CCC2(C)C(=O)N(Cc2ccc(Cl)cc2)C2CC2)c1. The molecule has 4 nitrogen and oxygen atoms in total. The average molecular weight is 425 g/mol. The van der Waals surface area contributed by atoms with Crippen molar-refractivity contribution < 1.29 is 9.59 Å². The largest absolute Gasteiger partial charge is 0.333 e. The zero-order valence-electron chi connectivity index (χ0n) is 18.0. The number of rotatable bonds is 6. The second-order valence-electron chi connectivity index (χ2n) is 9.03. The van der Waals surface area contributed by atoms with Crippen LogP contribution in [0.1, 0.15) is 48.4 Å². The summed E-state index contributed by atoms with van der Waals surface area (Å²) in [4.78, 5) is 30.4. The molecule has 0 spiro atoms. The van der Waals surface area contributed by atoms with Crippen molar-refractivity contribution in [1.29, 1.82) is 0 Å². The summed E-state index contributed by atoms with van der Waals surface area (Å²) in [5.41, 5.74) is 3.65. The van der Waals surface area contributed by atoms with E-state index in [0.717, 1.165) is 35.1 Å². The van der Waals surface area contributed by atoms with Crippen molar-refractivity contribution in [3.63, 3.8) is 0 Å². The molecule has 1 aliphatic carbocycles. The van der Waals surface area contributed by atoms with Crippen LogP contribution in [0, 0.1) is 13.8 Å². The van der Waals surface area contributed by atoms with Gasteiger partial charge >= 0.3 is 0 Å². The number of carbonyl (C=O) groups excluding carboxylic acids is 2. The summed E-state index contributed by atoms with van der Waals surface area (Å²) in [5, 5.41) is 0.692. The summed E-state index contributed by atoms with van der Waals surface area (Å²) in [6.45, 7) is 7.22. The molecule has 1 saturated heterocycles. The highest BCUT2D eigenvalue weighted by atomic mass is 35.5. The molecular formula is C25H29ClN2O2. The Kier molecular flexibility index (Phi) is 5.63. The van der Waals surface area contributed by atoms with Crippen LogP contribution in [-0.2, 0) is 22.6 Å². The minimum atomic E-state index is -0.745. The highest BCUT2D eigenvalue weighted by Crippen LogP contribution is 2.38. The highest BCUT2D eigenvalue weighted by Gasteiger charge is 2.52. The third kappa shape index (κ3) is 4.24. The number of hydrogen-bond donors (Lipinski definition) is 0. The van der Waals surface area contributed by atoms with E-state index in [9.17, 15) is 9.59 Å². The quantitative estimate of drug-likeness (QED) is 0.675. The van der Waals surface area contributed by atoms with Gasteiger partial charge in [0, 0.05) is 24.2 Å². The maximum absolute atomic E-state index is 13.6. The minimum absolute atomic E-state index is 0.0318. The average Bonchev–Trinajstić information content (AvgIpc) is 3.49. The van der Waals surface area contributed by atoms with Gasteiger partial charge in [0.15, 0.2) is 0 Å².